The Morgan fingerprint density at radius 2 is 2.19 bits per heavy atom. The summed E-state index contributed by atoms with van der Waals surface area (Å²) in [6.07, 6.45) is 2.06. The molecule has 1 aromatic carbocycles. The van der Waals surface area contributed by atoms with Crippen LogP contribution in [-0.2, 0) is 12.8 Å². The highest BCUT2D eigenvalue weighted by atomic mass is 32.1. The van der Waals surface area contributed by atoms with Crippen LogP contribution in [0.2, 0.25) is 0 Å². The lowest BCUT2D eigenvalue weighted by Crippen LogP contribution is -1.91. The quantitative estimate of drug-likeness (QED) is 0.766. The van der Waals surface area contributed by atoms with Crippen molar-refractivity contribution >= 4 is 11.3 Å². The monoisotopic (exact) mass is 230 g/mol. The summed E-state index contributed by atoms with van der Waals surface area (Å²) in [5.74, 6) is 1.13. The van der Waals surface area contributed by atoms with Gasteiger partial charge in [0.15, 0.2) is 0 Å². The third kappa shape index (κ3) is 1.74. The molecular weight excluding hydrogens is 216 g/mol. The van der Waals surface area contributed by atoms with Crippen molar-refractivity contribution in [2.24, 2.45) is 0 Å². The number of fused-ring (bicyclic) bond motifs is 1. The summed E-state index contributed by atoms with van der Waals surface area (Å²) < 4.78 is 5.71. The fourth-order valence-electron chi connectivity index (χ4n) is 2.19. The maximum Gasteiger partial charge on any atom is 0.126 e. The molecule has 1 nitrogen and oxygen atoms in total. The van der Waals surface area contributed by atoms with Gasteiger partial charge in [-0.05, 0) is 30.2 Å². The fourth-order valence-corrected chi connectivity index (χ4v) is 3.10. The highest BCUT2D eigenvalue weighted by Crippen LogP contribution is 2.32. The Labute approximate surface area is 99.7 Å². The standard InChI is InChI=1S/C14H14OS/c1-10-5-6-13(16-10)9-12-4-2-3-11-7-8-15-14(11)12/h2-6H,7-9H2,1H3. The lowest BCUT2D eigenvalue weighted by molar-refractivity contribution is 0.354. The van der Waals surface area contributed by atoms with Crippen molar-refractivity contribution in [1.82, 2.24) is 0 Å². The first kappa shape index (κ1) is 9.91. The first-order valence-electron chi connectivity index (χ1n) is 5.62. The van der Waals surface area contributed by atoms with E-state index in [1.165, 1.54) is 20.9 Å². The van der Waals surface area contributed by atoms with Gasteiger partial charge in [-0.15, -0.1) is 11.3 Å². The number of thiophene rings is 1. The van der Waals surface area contributed by atoms with Crippen molar-refractivity contribution in [2.75, 3.05) is 6.61 Å². The molecule has 1 aromatic heterocycles. The Bertz CT molecular complexity index is 513. The average Bonchev–Trinajstić information content (AvgIpc) is 2.87. The molecule has 2 aromatic rings. The molecule has 0 saturated heterocycles. The fraction of sp³-hybridized carbons (Fsp3) is 0.286. The molecule has 0 amide bonds. The van der Waals surface area contributed by atoms with Gasteiger partial charge in [0.2, 0.25) is 0 Å². The second-order valence-corrected chi connectivity index (χ2v) is 5.57. The van der Waals surface area contributed by atoms with Crippen molar-refractivity contribution in [1.29, 1.82) is 0 Å². The summed E-state index contributed by atoms with van der Waals surface area (Å²) in [7, 11) is 0. The Hall–Kier alpha value is -1.28. The van der Waals surface area contributed by atoms with Gasteiger partial charge in [0.1, 0.15) is 5.75 Å². The predicted octanol–water partition coefficient (Wildman–Crippen LogP) is 3.58. The molecule has 16 heavy (non-hydrogen) atoms. The molecule has 3 rings (SSSR count). The van der Waals surface area contributed by atoms with Crippen LogP contribution in [0.25, 0.3) is 0 Å². The van der Waals surface area contributed by atoms with Gasteiger partial charge in [0.25, 0.3) is 0 Å². The number of rotatable bonds is 2. The largest absolute Gasteiger partial charge is 0.493 e. The van der Waals surface area contributed by atoms with E-state index in [1.54, 1.807) is 0 Å². The predicted molar refractivity (Wildman–Crippen MR) is 67.5 cm³/mol. The molecular formula is C14H14OS. The molecule has 0 bridgehead atoms. The van der Waals surface area contributed by atoms with Crippen LogP contribution in [-0.4, -0.2) is 6.61 Å². The number of aryl methyl sites for hydroxylation is 1. The highest BCUT2D eigenvalue weighted by molar-refractivity contribution is 7.11. The van der Waals surface area contributed by atoms with E-state index in [0.717, 1.165) is 25.2 Å². The topological polar surface area (TPSA) is 9.23 Å². The molecule has 0 unspecified atom stereocenters. The van der Waals surface area contributed by atoms with Crippen molar-refractivity contribution in [3.05, 3.63) is 51.2 Å². The molecule has 0 aliphatic carbocycles. The van der Waals surface area contributed by atoms with Crippen molar-refractivity contribution in [3.8, 4) is 5.75 Å². The minimum atomic E-state index is 0.843. The molecule has 0 N–H and O–H groups in total. The number of hydrogen-bond acceptors (Lipinski definition) is 2. The summed E-state index contributed by atoms with van der Waals surface area (Å²) in [6.45, 7) is 3.00. The molecule has 82 valence electrons. The van der Waals surface area contributed by atoms with Crippen molar-refractivity contribution in [3.63, 3.8) is 0 Å². The zero-order chi connectivity index (χ0) is 11.0. The van der Waals surface area contributed by atoms with Crippen LogP contribution in [0.5, 0.6) is 5.75 Å². The van der Waals surface area contributed by atoms with Gasteiger partial charge in [-0.2, -0.15) is 0 Å². The highest BCUT2D eigenvalue weighted by Gasteiger charge is 2.16. The molecule has 0 atom stereocenters. The number of para-hydroxylation sites is 1. The molecule has 0 radical (unpaired) electrons. The minimum Gasteiger partial charge on any atom is -0.493 e. The molecule has 0 spiro atoms. The molecule has 2 heterocycles. The Morgan fingerprint density at radius 1 is 1.25 bits per heavy atom. The van der Waals surface area contributed by atoms with E-state index in [1.807, 2.05) is 11.3 Å². The molecule has 0 fully saturated rings. The van der Waals surface area contributed by atoms with Crippen molar-refractivity contribution < 1.29 is 4.74 Å². The maximum atomic E-state index is 5.71. The third-order valence-corrected chi connectivity index (χ3v) is 3.96. The van der Waals surface area contributed by atoms with E-state index in [2.05, 4.69) is 37.3 Å². The van der Waals surface area contributed by atoms with Gasteiger partial charge >= 0.3 is 0 Å². The van der Waals surface area contributed by atoms with Gasteiger partial charge in [0, 0.05) is 22.6 Å². The van der Waals surface area contributed by atoms with E-state index in [4.69, 9.17) is 4.74 Å². The number of hydrogen-bond donors (Lipinski definition) is 0. The second kappa shape index (κ2) is 3.95. The van der Waals surface area contributed by atoms with Crippen LogP contribution >= 0.6 is 11.3 Å². The van der Waals surface area contributed by atoms with E-state index in [-0.39, 0.29) is 0 Å². The summed E-state index contributed by atoms with van der Waals surface area (Å²) in [4.78, 5) is 2.80. The summed E-state index contributed by atoms with van der Waals surface area (Å²) in [5.41, 5.74) is 2.70. The third-order valence-electron chi connectivity index (χ3n) is 2.96. The van der Waals surface area contributed by atoms with Crippen LogP contribution in [0.3, 0.4) is 0 Å². The maximum absolute atomic E-state index is 5.71. The van der Waals surface area contributed by atoms with Gasteiger partial charge in [-0.25, -0.2) is 0 Å². The van der Waals surface area contributed by atoms with Gasteiger partial charge in [0.05, 0.1) is 6.61 Å². The summed E-state index contributed by atoms with van der Waals surface area (Å²) in [5, 5.41) is 0. The molecule has 2 heteroatoms. The average molecular weight is 230 g/mol. The summed E-state index contributed by atoms with van der Waals surface area (Å²) >= 11 is 1.87. The van der Waals surface area contributed by atoms with Gasteiger partial charge in [-0.3, -0.25) is 0 Å². The van der Waals surface area contributed by atoms with Crippen LogP contribution in [0.4, 0.5) is 0 Å². The van der Waals surface area contributed by atoms with E-state index < -0.39 is 0 Å². The van der Waals surface area contributed by atoms with E-state index in [9.17, 15) is 0 Å². The van der Waals surface area contributed by atoms with E-state index >= 15 is 0 Å². The summed E-state index contributed by atoms with van der Waals surface area (Å²) in [6, 6.07) is 10.9. The van der Waals surface area contributed by atoms with Crippen LogP contribution in [0.1, 0.15) is 20.9 Å². The molecule has 1 aliphatic rings. The SMILES string of the molecule is Cc1ccc(Cc2cccc3c2OCC3)s1. The van der Waals surface area contributed by atoms with Crippen LogP contribution < -0.4 is 4.74 Å². The zero-order valence-corrected chi connectivity index (χ0v) is 10.1. The Kier molecular flexibility index (Phi) is 2.44. The Morgan fingerprint density at radius 3 is 3.00 bits per heavy atom. The van der Waals surface area contributed by atoms with Gasteiger partial charge < -0.3 is 4.74 Å². The van der Waals surface area contributed by atoms with Gasteiger partial charge in [-0.1, -0.05) is 18.2 Å². The first-order valence-corrected chi connectivity index (χ1v) is 6.43. The minimum absolute atomic E-state index is 0.843. The lowest BCUT2D eigenvalue weighted by Gasteiger charge is -2.06. The van der Waals surface area contributed by atoms with Crippen LogP contribution in [0.15, 0.2) is 30.3 Å². The first-order chi connectivity index (χ1) is 7.83. The number of benzene rings is 1. The lowest BCUT2D eigenvalue weighted by atomic mass is 10.1. The number of ether oxygens (including phenoxy) is 1. The normalized spacial score (nSPS) is 13.6. The smallest absolute Gasteiger partial charge is 0.126 e. The van der Waals surface area contributed by atoms with Crippen molar-refractivity contribution in [2.45, 2.75) is 19.8 Å². The molecule has 0 saturated carbocycles. The van der Waals surface area contributed by atoms with E-state index in [0.29, 0.717) is 0 Å². The zero-order valence-electron chi connectivity index (χ0n) is 9.32. The second-order valence-electron chi connectivity index (χ2n) is 4.19. The van der Waals surface area contributed by atoms with Crippen LogP contribution in [0, 0.1) is 6.92 Å². The molecule has 1 aliphatic heterocycles. The Balaban J connectivity index is 1.93.